The van der Waals surface area contributed by atoms with Gasteiger partial charge in [-0.2, -0.15) is 0 Å². The molecule has 0 aliphatic carbocycles. The molecule has 0 aliphatic rings. The average molecular weight is 463 g/mol. The molecule has 12 heteroatoms. The topological polar surface area (TPSA) is 171 Å². The first-order valence-corrected chi connectivity index (χ1v) is 10.7. The van der Waals surface area contributed by atoms with Crippen LogP contribution in [0.15, 0.2) is 0 Å². The fourth-order valence-electron chi connectivity index (χ4n) is 3.44. The molecule has 0 amide bonds. The summed E-state index contributed by atoms with van der Waals surface area (Å²) in [6.07, 6.45) is 0.762. The molecule has 0 aromatic carbocycles. The van der Waals surface area contributed by atoms with Gasteiger partial charge in [0.2, 0.25) is 0 Å². The van der Waals surface area contributed by atoms with Crippen LogP contribution in [0.25, 0.3) is 0 Å². The normalized spacial score (nSPS) is 12.6. The van der Waals surface area contributed by atoms with Gasteiger partial charge in [0.25, 0.3) is 0 Å². The fraction of sp³-hybridized carbons (Fsp3) is 0.800. The highest BCUT2D eigenvalue weighted by molar-refractivity contribution is 5.70. The van der Waals surface area contributed by atoms with E-state index in [1.807, 2.05) is 20.8 Å². The molecule has 32 heavy (non-hydrogen) atoms. The van der Waals surface area contributed by atoms with Crippen LogP contribution < -0.4 is 5.32 Å². The number of rotatable bonds is 20. The molecule has 0 spiro atoms. The second-order valence-corrected chi connectivity index (χ2v) is 8.04. The molecule has 0 aliphatic heterocycles. The highest BCUT2D eigenvalue weighted by Gasteiger charge is 2.25. The molecule has 1 atom stereocenters. The van der Waals surface area contributed by atoms with Crippen molar-refractivity contribution >= 4 is 23.9 Å². The van der Waals surface area contributed by atoms with Gasteiger partial charge in [0, 0.05) is 38.8 Å². The number of hydrogen-bond acceptors (Lipinski definition) is 8. The molecule has 12 nitrogen and oxygen atoms in total. The molecule has 0 aromatic heterocycles. The summed E-state index contributed by atoms with van der Waals surface area (Å²) in [5.74, 6) is -4.00. The Morgan fingerprint density at radius 2 is 1.19 bits per heavy atom. The van der Waals surface area contributed by atoms with Crippen LogP contribution in [0.5, 0.6) is 0 Å². The van der Waals surface area contributed by atoms with Crippen molar-refractivity contribution in [3.8, 4) is 0 Å². The minimum atomic E-state index is -1.03. The predicted octanol–water partition coefficient (Wildman–Crippen LogP) is -0.745. The van der Waals surface area contributed by atoms with E-state index in [0.29, 0.717) is 19.6 Å². The number of carboxylic acid groups (broad SMARTS) is 4. The van der Waals surface area contributed by atoms with Crippen LogP contribution >= 0.6 is 0 Å². The summed E-state index contributed by atoms with van der Waals surface area (Å²) in [6.45, 7) is 6.94. The number of aliphatic carboxylic acids is 4. The average Bonchev–Trinajstić information content (AvgIpc) is 2.64. The van der Waals surface area contributed by atoms with Crippen LogP contribution in [0, 0.1) is 5.92 Å². The van der Waals surface area contributed by atoms with Gasteiger partial charge in [0.1, 0.15) is 0 Å². The van der Waals surface area contributed by atoms with Gasteiger partial charge in [-0.3, -0.25) is 33.9 Å². The van der Waals surface area contributed by atoms with E-state index >= 15 is 0 Å². The van der Waals surface area contributed by atoms with Crippen molar-refractivity contribution in [2.24, 2.45) is 5.92 Å². The Labute approximate surface area is 188 Å². The van der Waals surface area contributed by atoms with E-state index < -0.39 is 23.9 Å². The van der Waals surface area contributed by atoms with Crippen LogP contribution in [-0.4, -0.2) is 130 Å². The van der Waals surface area contributed by atoms with Crippen LogP contribution in [0.3, 0.4) is 0 Å². The van der Waals surface area contributed by atoms with Gasteiger partial charge in [-0.05, 0) is 18.9 Å². The highest BCUT2D eigenvalue weighted by Crippen LogP contribution is 2.11. The molecule has 0 saturated carbocycles. The summed E-state index contributed by atoms with van der Waals surface area (Å²) in [5.41, 5.74) is 0. The zero-order valence-electron chi connectivity index (χ0n) is 19.2. The summed E-state index contributed by atoms with van der Waals surface area (Å²) < 4.78 is 0. The maximum Gasteiger partial charge on any atom is 0.317 e. The van der Waals surface area contributed by atoms with E-state index in [0.717, 1.165) is 6.42 Å². The smallest absolute Gasteiger partial charge is 0.317 e. The summed E-state index contributed by atoms with van der Waals surface area (Å²) >= 11 is 0. The zero-order chi connectivity index (χ0) is 24.7. The maximum absolute atomic E-state index is 11.4. The predicted molar refractivity (Wildman–Crippen MR) is 117 cm³/mol. The Kier molecular flexibility index (Phi) is 15.2. The van der Waals surface area contributed by atoms with Gasteiger partial charge in [-0.1, -0.05) is 20.8 Å². The lowest BCUT2D eigenvalue weighted by Crippen LogP contribution is -2.51. The Morgan fingerprint density at radius 3 is 1.59 bits per heavy atom. The Hall–Kier alpha value is -2.28. The number of nitrogens with one attached hydrogen (secondary N) is 1. The first-order chi connectivity index (χ1) is 15.0. The number of hydrogen-bond donors (Lipinski definition) is 5. The number of carbonyl (C=O) groups is 4. The first kappa shape index (κ1) is 29.7. The number of carboxylic acids is 4. The van der Waals surface area contributed by atoms with Gasteiger partial charge < -0.3 is 25.7 Å². The van der Waals surface area contributed by atoms with Crippen LogP contribution in [0.2, 0.25) is 0 Å². The molecule has 0 fully saturated rings. The molecule has 5 N–H and O–H groups in total. The minimum absolute atomic E-state index is 0.0270. The summed E-state index contributed by atoms with van der Waals surface area (Å²) in [4.78, 5) is 49.6. The molecule has 0 saturated heterocycles. The standard InChI is InChI=1S/C20H38N4O8/c1-4-5-22(12-18(27)28)6-7-23(13-19(29)30)8-9-24(14-20(31)32)16(15(2)3)10-21-11-17(25)26/h15-16,21H,4-14H2,1-3H3,(H,25,26)(H,27,28)(H,29,30)(H,31,32). The largest absolute Gasteiger partial charge is 0.480 e. The lowest BCUT2D eigenvalue weighted by atomic mass is 10.0. The van der Waals surface area contributed by atoms with Crippen molar-refractivity contribution in [1.82, 2.24) is 20.0 Å². The first-order valence-electron chi connectivity index (χ1n) is 10.7. The van der Waals surface area contributed by atoms with Crippen LogP contribution in [-0.2, 0) is 19.2 Å². The summed E-state index contributed by atoms with van der Waals surface area (Å²) in [7, 11) is 0. The summed E-state index contributed by atoms with van der Waals surface area (Å²) in [5, 5.41) is 39.3. The van der Waals surface area contributed by atoms with E-state index in [9.17, 15) is 29.4 Å². The van der Waals surface area contributed by atoms with Crippen LogP contribution in [0.1, 0.15) is 27.2 Å². The van der Waals surface area contributed by atoms with Crippen molar-refractivity contribution < 1.29 is 39.6 Å². The van der Waals surface area contributed by atoms with Crippen molar-refractivity contribution in [2.75, 3.05) is 65.4 Å². The van der Waals surface area contributed by atoms with Crippen molar-refractivity contribution in [2.45, 2.75) is 33.2 Å². The van der Waals surface area contributed by atoms with Crippen molar-refractivity contribution in [3.05, 3.63) is 0 Å². The van der Waals surface area contributed by atoms with Crippen LogP contribution in [0.4, 0.5) is 0 Å². The second-order valence-electron chi connectivity index (χ2n) is 8.04. The molecular weight excluding hydrogens is 424 g/mol. The van der Waals surface area contributed by atoms with Gasteiger partial charge in [-0.25, -0.2) is 0 Å². The molecule has 0 rings (SSSR count). The van der Waals surface area contributed by atoms with Crippen molar-refractivity contribution in [1.29, 1.82) is 0 Å². The Morgan fingerprint density at radius 1 is 0.719 bits per heavy atom. The molecule has 0 radical (unpaired) electrons. The minimum Gasteiger partial charge on any atom is -0.480 e. The molecule has 0 aromatic rings. The highest BCUT2D eigenvalue weighted by atomic mass is 16.4. The lowest BCUT2D eigenvalue weighted by molar-refractivity contribution is -0.141. The quantitative estimate of drug-likeness (QED) is 0.154. The fourth-order valence-corrected chi connectivity index (χ4v) is 3.44. The van der Waals surface area contributed by atoms with Gasteiger partial charge >= 0.3 is 23.9 Å². The third-order valence-electron chi connectivity index (χ3n) is 4.90. The van der Waals surface area contributed by atoms with Gasteiger partial charge in [0.15, 0.2) is 0 Å². The molecular formula is C20H38N4O8. The second kappa shape index (κ2) is 16.4. The van der Waals surface area contributed by atoms with Gasteiger partial charge in [0.05, 0.1) is 26.2 Å². The zero-order valence-corrected chi connectivity index (χ0v) is 19.2. The van der Waals surface area contributed by atoms with Gasteiger partial charge in [-0.15, -0.1) is 0 Å². The SMILES string of the molecule is CCCN(CCN(CCN(CC(=O)O)C(CNCC(=O)O)C(C)C)CC(=O)O)CC(=O)O. The molecule has 186 valence electrons. The van der Waals surface area contributed by atoms with E-state index in [-0.39, 0.29) is 57.8 Å². The molecule has 0 bridgehead atoms. The number of nitrogens with zero attached hydrogens (tertiary/aromatic N) is 3. The monoisotopic (exact) mass is 462 g/mol. The van der Waals surface area contributed by atoms with E-state index in [1.165, 1.54) is 0 Å². The van der Waals surface area contributed by atoms with E-state index in [2.05, 4.69) is 5.32 Å². The molecule has 1 unspecified atom stereocenters. The Bertz CT molecular complexity index is 602. The molecule has 0 heterocycles. The van der Waals surface area contributed by atoms with E-state index in [4.69, 9.17) is 10.2 Å². The maximum atomic E-state index is 11.4. The summed E-state index contributed by atoms with van der Waals surface area (Å²) in [6, 6.07) is -0.263. The third-order valence-corrected chi connectivity index (χ3v) is 4.90. The van der Waals surface area contributed by atoms with Crippen molar-refractivity contribution in [3.63, 3.8) is 0 Å². The third kappa shape index (κ3) is 14.7. The Balaban J connectivity index is 5.20. The lowest BCUT2D eigenvalue weighted by Gasteiger charge is -2.35. The van der Waals surface area contributed by atoms with E-state index in [1.54, 1.807) is 14.7 Å².